The second kappa shape index (κ2) is 7.67. The van der Waals surface area contributed by atoms with Crippen molar-refractivity contribution in [1.82, 2.24) is 5.32 Å². The minimum absolute atomic E-state index is 0.0253. The molecule has 18 heavy (non-hydrogen) atoms. The summed E-state index contributed by atoms with van der Waals surface area (Å²) in [5.74, 6) is -2.29. The van der Waals surface area contributed by atoms with Gasteiger partial charge in [-0.05, 0) is 12.3 Å². The number of aliphatic hydroxyl groups excluding tert-OH is 1. The first-order valence-electron chi connectivity index (χ1n) is 5.87. The third-order valence-corrected chi connectivity index (χ3v) is 2.54. The number of carboxylic acids is 1. The quantitative estimate of drug-likeness (QED) is 0.614. The van der Waals surface area contributed by atoms with Crippen molar-refractivity contribution in [3.05, 3.63) is 0 Å². The zero-order chi connectivity index (χ0) is 14.3. The van der Waals surface area contributed by atoms with Gasteiger partial charge in [0.1, 0.15) is 12.1 Å². The molecule has 0 bridgehead atoms. The van der Waals surface area contributed by atoms with Gasteiger partial charge in [-0.15, -0.1) is 0 Å². The van der Waals surface area contributed by atoms with Gasteiger partial charge in [0.05, 0.1) is 6.07 Å². The topological polar surface area (TPSA) is 110 Å². The lowest BCUT2D eigenvalue weighted by Crippen LogP contribution is -2.49. The number of aliphatic hydroxyl groups is 1. The molecule has 0 unspecified atom stereocenters. The normalized spacial score (nSPS) is 15.6. The Morgan fingerprint density at radius 1 is 1.33 bits per heavy atom. The number of hydrogen-bond acceptors (Lipinski definition) is 4. The van der Waals surface area contributed by atoms with Gasteiger partial charge >= 0.3 is 5.97 Å². The van der Waals surface area contributed by atoms with Gasteiger partial charge in [-0.1, -0.05) is 20.8 Å². The second-order valence-electron chi connectivity index (χ2n) is 4.81. The van der Waals surface area contributed by atoms with E-state index in [4.69, 9.17) is 10.4 Å². The van der Waals surface area contributed by atoms with Crippen LogP contribution in [0.5, 0.6) is 0 Å². The van der Waals surface area contributed by atoms with E-state index in [-0.39, 0.29) is 18.8 Å². The lowest BCUT2D eigenvalue weighted by atomic mass is 9.98. The molecule has 0 saturated heterocycles. The van der Waals surface area contributed by atoms with Crippen LogP contribution in [0.1, 0.15) is 33.6 Å². The maximum absolute atomic E-state index is 11.6. The summed E-state index contributed by atoms with van der Waals surface area (Å²) in [6.07, 6.45) is -0.927. The van der Waals surface area contributed by atoms with E-state index in [0.29, 0.717) is 0 Å². The molecule has 102 valence electrons. The van der Waals surface area contributed by atoms with E-state index in [9.17, 15) is 14.7 Å². The molecule has 0 aromatic carbocycles. The summed E-state index contributed by atoms with van der Waals surface area (Å²) in [5.41, 5.74) is 0. The van der Waals surface area contributed by atoms with Gasteiger partial charge in [0.25, 0.3) is 0 Å². The second-order valence-corrected chi connectivity index (χ2v) is 4.81. The number of carboxylic acid groups (broad SMARTS) is 1. The summed E-state index contributed by atoms with van der Waals surface area (Å²) >= 11 is 0. The SMILES string of the molecule is CC(C)C[C@@H](O)C(=O)N[C@H](C(=O)O)[C@@H](C)CC#N. The summed E-state index contributed by atoms with van der Waals surface area (Å²) in [7, 11) is 0. The average Bonchev–Trinajstić information content (AvgIpc) is 2.24. The lowest BCUT2D eigenvalue weighted by Gasteiger charge is -2.21. The Kier molecular flexibility index (Phi) is 6.98. The van der Waals surface area contributed by atoms with Gasteiger partial charge in [0, 0.05) is 12.3 Å². The largest absolute Gasteiger partial charge is 0.480 e. The highest BCUT2D eigenvalue weighted by atomic mass is 16.4. The fraction of sp³-hybridized carbons (Fsp3) is 0.750. The third-order valence-electron chi connectivity index (χ3n) is 2.54. The van der Waals surface area contributed by atoms with Crippen molar-refractivity contribution in [2.24, 2.45) is 11.8 Å². The molecule has 0 aliphatic rings. The van der Waals surface area contributed by atoms with Gasteiger partial charge in [0.15, 0.2) is 0 Å². The van der Waals surface area contributed by atoms with Crippen molar-refractivity contribution < 1.29 is 19.8 Å². The van der Waals surface area contributed by atoms with Crippen LogP contribution >= 0.6 is 0 Å². The Bertz CT molecular complexity index is 335. The number of nitrogens with zero attached hydrogens (tertiary/aromatic N) is 1. The standard InChI is InChI=1S/C12H20N2O4/c1-7(2)6-9(15)11(16)14-10(12(17)18)8(3)4-5-13/h7-10,15H,4,6H2,1-3H3,(H,14,16)(H,17,18)/t8-,9+,10-/m0/s1. The highest BCUT2D eigenvalue weighted by molar-refractivity contribution is 5.86. The summed E-state index contributed by atoms with van der Waals surface area (Å²) in [6, 6.07) is 0.707. The molecule has 3 N–H and O–H groups in total. The zero-order valence-electron chi connectivity index (χ0n) is 10.9. The van der Waals surface area contributed by atoms with E-state index in [2.05, 4.69) is 5.32 Å². The number of amides is 1. The van der Waals surface area contributed by atoms with Crippen LogP contribution in [0.25, 0.3) is 0 Å². The highest BCUT2D eigenvalue weighted by Crippen LogP contribution is 2.10. The minimum atomic E-state index is -1.22. The molecule has 0 aromatic heterocycles. The highest BCUT2D eigenvalue weighted by Gasteiger charge is 2.28. The van der Waals surface area contributed by atoms with Crippen LogP contribution in [0, 0.1) is 23.2 Å². The van der Waals surface area contributed by atoms with Gasteiger partial charge in [-0.25, -0.2) is 4.79 Å². The molecule has 0 rings (SSSR count). The van der Waals surface area contributed by atoms with E-state index < -0.39 is 29.9 Å². The van der Waals surface area contributed by atoms with Gasteiger partial charge in [-0.2, -0.15) is 5.26 Å². The van der Waals surface area contributed by atoms with Crippen LogP contribution in [0.4, 0.5) is 0 Å². The number of carbonyl (C=O) groups excluding carboxylic acids is 1. The average molecular weight is 256 g/mol. The van der Waals surface area contributed by atoms with Crippen molar-refractivity contribution in [1.29, 1.82) is 5.26 Å². The van der Waals surface area contributed by atoms with Crippen LogP contribution in [-0.4, -0.2) is 34.2 Å². The molecular formula is C12H20N2O4. The van der Waals surface area contributed by atoms with Gasteiger partial charge in [-0.3, -0.25) is 4.79 Å². The van der Waals surface area contributed by atoms with Crippen LogP contribution < -0.4 is 5.32 Å². The maximum Gasteiger partial charge on any atom is 0.326 e. The van der Waals surface area contributed by atoms with Crippen molar-refractivity contribution >= 4 is 11.9 Å². The Balaban J connectivity index is 4.55. The minimum Gasteiger partial charge on any atom is -0.480 e. The summed E-state index contributed by atoms with van der Waals surface area (Å²) < 4.78 is 0. The van der Waals surface area contributed by atoms with Crippen LogP contribution in [0.2, 0.25) is 0 Å². The van der Waals surface area contributed by atoms with Crippen LogP contribution in [-0.2, 0) is 9.59 Å². The Morgan fingerprint density at radius 2 is 1.89 bits per heavy atom. The molecule has 3 atom stereocenters. The maximum atomic E-state index is 11.6. The van der Waals surface area contributed by atoms with E-state index in [0.717, 1.165) is 0 Å². The predicted octanol–water partition coefficient (Wildman–Crippen LogP) is 0.513. The third kappa shape index (κ3) is 5.64. The van der Waals surface area contributed by atoms with Crippen molar-refractivity contribution in [3.8, 4) is 6.07 Å². The van der Waals surface area contributed by atoms with Gasteiger partial charge < -0.3 is 15.5 Å². The molecular weight excluding hydrogens is 236 g/mol. The molecule has 0 aliphatic heterocycles. The fourth-order valence-corrected chi connectivity index (χ4v) is 1.51. The molecule has 6 heteroatoms. The molecule has 0 spiro atoms. The number of rotatable bonds is 7. The van der Waals surface area contributed by atoms with Crippen LogP contribution in [0.3, 0.4) is 0 Å². The van der Waals surface area contributed by atoms with E-state index in [1.807, 2.05) is 19.9 Å². The fourth-order valence-electron chi connectivity index (χ4n) is 1.51. The summed E-state index contributed by atoms with van der Waals surface area (Å²) in [5, 5.41) is 29.3. The molecule has 0 aromatic rings. The number of aliphatic carboxylic acids is 1. The molecule has 6 nitrogen and oxygen atoms in total. The Hall–Kier alpha value is -1.61. The first-order chi connectivity index (χ1) is 8.29. The number of hydrogen-bond donors (Lipinski definition) is 3. The van der Waals surface area contributed by atoms with E-state index in [1.54, 1.807) is 6.92 Å². The Labute approximate surface area is 107 Å². The van der Waals surface area contributed by atoms with Crippen molar-refractivity contribution in [2.45, 2.75) is 45.8 Å². The van der Waals surface area contributed by atoms with E-state index in [1.165, 1.54) is 0 Å². The lowest BCUT2D eigenvalue weighted by molar-refractivity contribution is -0.145. The molecule has 0 heterocycles. The molecule has 0 saturated carbocycles. The molecule has 0 radical (unpaired) electrons. The van der Waals surface area contributed by atoms with Crippen LogP contribution in [0.15, 0.2) is 0 Å². The molecule has 0 fully saturated rings. The van der Waals surface area contributed by atoms with E-state index >= 15 is 0 Å². The predicted molar refractivity (Wildman–Crippen MR) is 64.4 cm³/mol. The van der Waals surface area contributed by atoms with Gasteiger partial charge in [0.2, 0.25) is 5.91 Å². The van der Waals surface area contributed by atoms with Crippen molar-refractivity contribution in [2.75, 3.05) is 0 Å². The summed E-state index contributed by atoms with van der Waals surface area (Å²) in [4.78, 5) is 22.6. The first-order valence-corrected chi connectivity index (χ1v) is 5.87. The molecule has 1 amide bonds. The number of nitriles is 1. The monoisotopic (exact) mass is 256 g/mol. The molecule has 0 aliphatic carbocycles. The van der Waals surface area contributed by atoms with Crippen molar-refractivity contribution in [3.63, 3.8) is 0 Å². The number of nitrogens with one attached hydrogen (secondary N) is 1. The first kappa shape index (κ1) is 16.4. The smallest absolute Gasteiger partial charge is 0.326 e. The Morgan fingerprint density at radius 3 is 2.28 bits per heavy atom. The summed E-state index contributed by atoms with van der Waals surface area (Å²) in [6.45, 7) is 5.27. The number of carbonyl (C=O) groups is 2. The zero-order valence-corrected chi connectivity index (χ0v) is 10.9.